The van der Waals surface area contributed by atoms with Crippen molar-refractivity contribution in [2.45, 2.75) is 58.1 Å². The van der Waals surface area contributed by atoms with E-state index in [1.54, 1.807) is 0 Å². The van der Waals surface area contributed by atoms with Crippen LogP contribution >= 0.6 is 0 Å². The molecule has 1 saturated carbocycles. The van der Waals surface area contributed by atoms with Crippen LogP contribution in [0.2, 0.25) is 0 Å². The summed E-state index contributed by atoms with van der Waals surface area (Å²) in [5.74, 6) is -1.12. The Balaban J connectivity index is 1.77. The van der Waals surface area contributed by atoms with Gasteiger partial charge in [-0.2, -0.15) is 0 Å². The van der Waals surface area contributed by atoms with Crippen molar-refractivity contribution in [1.82, 2.24) is 10.6 Å². The van der Waals surface area contributed by atoms with Crippen molar-refractivity contribution < 1.29 is 19.1 Å². The van der Waals surface area contributed by atoms with Gasteiger partial charge >= 0.3 is 12.0 Å². The molecule has 0 aromatic heterocycles. The Morgan fingerprint density at radius 2 is 1.88 bits per heavy atom. The zero-order chi connectivity index (χ0) is 17.5. The molecule has 0 saturated heterocycles. The Labute approximate surface area is 142 Å². The number of benzene rings is 1. The molecule has 1 aliphatic rings. The molecule has 6 nitrogen and oxygen atoms in total. The largest absolute Gasteiger partial charge is 0.452 e. The van der Waals surface area contributed by atoms with Crippen LogP contribution in [0.3, 0.4) is 0 Å². The molecule has 2 N–H and O–H groups in total. The number of aryl methyl sites for hydroxylation is 1. The summed E-state index contributed by atoms with van der Waals surface area (Å²) in [5.41, 5.74) is 1.84. The number of urea groups is 1. The van der Waals surface area contributed by atoms with Crippen molar-refractivity contribution >= 4 is 17.9 Å². The maximum atomic E-state index is 11.9. The Morgan fingerprint density at radius 1 is 1.21 bits per heavy atom. The van der Waals surface area contributed by atoms with Crippen LogP contribution in [0.4, 0.5) is 4.79 Å². The van der Waals surface area contributed by atoms with Crippen molar-refractivity contribution in [1.29, 1.82) is 0 Å². The standard InChI is InChI=1S/C18H24N2O4/c1-12-7-3-4-8-14(12)11-16(21)24-13(2)17(22)20-18(23)19-15-9-5-6-10-15/h3-4,7-8,13,15H,5-6,9-11H2,1-2H3,(H2,19,20,22,23)/t13-/m0/s1. The van der Waals surface area contributed by atoms with Gasteiger partial charge in [0.15, 0.2) is 6.10 Å². The van der Waals surface area contributed by atoms with Crippen molar-refractivity contribution in [3.63, 3.8) is 0 Å². The third-order valence-electron chi connectivity index (χ3n) is 4.20. The lowest BCUT2D eigenvalue weighted by molar-refractivity contribution is -0.153. The van der Waals surface area contributed by atoms with E-state index >= 15 is 0 Å². The Morgan fingerprint density at radius 3 is 2.54 bits per heavy atom. The second-order valence-corrected chi connectivity index (χ2v) is 6.18. The van der Waals surface area contributed by atoms with E-state index in [1.807, 2.05) is 31.2 Å². The van der Waals surface area contributed by atoms with Crippen molar-refractivity contribution in [3.8, 4) is 0 Å². The summed E-state index contributed by atoms with van der Waals surface area (Å²) in [6.07, 6.45) is 3.12. The lowest BCUT2D eigenvalue weighted by atomic mass is 10.1. The number of carbonyl (C=O) groups excluding carboxylic acids is 3. The highest BCUT2D eigenvalue weighted by molar-refractivity contribution is 5.97. The summed E-state index contributed by atoms with van der Waals surface area (Å²) in [5, 5.41) is 4.97. The van der Waals surface area contributed by atoms with Crippen LogP contribution in [0, 0.1) is 6.92 Å². The minimum Gasteiger partial charge on any atom is -0.452 e. The lowest BCUT2D eigenvalue weighted by Crippen LogP contribution is -2.47. The number of hydrogen-bond donors (Lipinski definition) is 2. The van der Waals surface area contributed by atoms with Crippen molar-refractivity contribution in [2.24, 2.45) is 0 Å². The van der Waals surface area contributed by atoms with Crippen molar-refractivity contribution in [2.75, 3.05) is 0 Å². The zero-order valence-corrected chi connectivity index (χ0v) is 14.1. The van der Waals surface area contributed by atoms with Crippen LogP contribution in [0.1, 0.15) is 43.7 Å². The summed E-state index contributed by atoms with van der Waals surface area (Å²) in [7, 11) is 0. The average molecular weight is 332 g/mol. The van der Waals surface area contributed by atoms with Crippen LogP contribution in [0.25, 0.3) is 0 Å². The van der Waals surface area contributed by atoms with Gasteiger partial charge in [-0.1, -0.05) is 37.1 Å². The molecule has 2 rings (SSSR count). The van der Waals surface area contributed by atoms with Gasteiger partial charge in [0.05, 0.1) is 6.42 Å². The maximum Gasteiger partial charge on any atom is 0.321 e. The Hall–Kier alpha value is -2.37. The molecule has 0 aliphatic heterocycles. The van der Waals surface area contributed by atoms with Crippen LogP contribution in [-0.4, -0.2) is 30.1 Å². The van der Waals surface area contributed by atoms with E-state index in [0.717, 1.165) is 36.8 Å². The summed E-state index contributed by atoms with van der Waals surface area (Å²) in [6.45, 7) is 3.36. The topological polar surface area (TPSA) is 84.5 Å². The van der Waals surface area contributed by atoms with E-state index in [-0.39, 0.29) is 12.5 Å². The molecule has 1 aromatic rings. The second-order valence-electron chi connectivity index (χ2n) is 6.18. The summed E-state index contributed by atoms with van der Waals surface area (Å²) in [6, 6.07) is 7.08. The molecule has 1 aromatic carbocycles. The molecule has 0 radical (unpaired) electrons. The molecule has 1 atom stereocenters. The highest BCUT2D eigenvalue weighted by atomic mass is 16.5. The van der Waals surface area contributed by atoms with Gasteiger partial charge < -0.3 is 10.1 Å². The first kappa shape index (κ1) is 18.0. The smallest absolute Gasteiger partial charge is 0.321 e. The molecule has 0 spiro atoms. The lowest BCUT2D eigenvalue weighted by Gasteiger charge is -2.15. The minimum absolute atomic E-state index is 0.0958. The number of nitrogens with one attached hydrogen (secondary N) is 2. The van der Waals surface area contributed by atoms with Gasteiger partial charge in [0.1, 0.15) is 0 Å². The summed E-state index contributed by atoms with van der Waals surface area (Å²) in [4.78, 5) is 35.6. The number of rotatable bonds is 5. The molecule has 1 fully saturated rings. The van der Waals surface area contributed by atoms with Gasteiger partial charge in [-0.15, -0.1) is 0 Å². The van der Waals surface area contributed by atoms with Gasteiger partial charge in [0, 0.05) is 6.04 Å². The summed E-state index contributed by atoms with van der Waals surface area (Å²) < 4.78 is 5.11. The van der Waals surface area contributed by atoms with Crippen LogP contribution in [-0.2, 0) is 20.7 Å². The van der Waals surface area contributed by atoms with Gasteiger partial charge in [0.25, 0.3) is 5.91 Å². The molecular weight excluding hydrogens is 308 g/mol. The van der Waals surface area contributed by atoms with E-state index in [0.29, 0.717) is 0 Å². The SMILES string of the molecule is Cc1ccccc1CC(=O)O[C@@H](C)C(=O)NC(=O)NC1CCCC1. The predicted molar refractivity (Wildman–Crippen MR) is 89.4 cm³/mol. The van der Waals surface area contributed by atoms with Crippen LogP contribution in [0.5, 0.6) is 0 Å². The van der Waals surface area contributed by atoms with E-state index < -0.39 is 24.0 Å². The number of amides is 3. The number of esters is 1. The maximum absolute atomic E-state index is 11.9. The fourth-order valence-electron chi connectivity index (χ4n) is 2.76. The molecule has 6 heteroatoms. The van der Waals surface area contributed by atoms with E-state index in [4.69, 9.17) is 4.74 Å². The Kier molecular flexibility index (Phi) is 6.35. The molecule has 0 heterocycles. The normalized spacial score (nSPS) is 15.6. The number of carbonyl (C=O) groups is 3. The van der Waals surface area contributed by atoms with Gasteiger partial charge in [0.2, 0.25) is 0 Å². The van der Waals surface area contributed by atoms with Gasteiger partial charge in [-0.05, 0) is 37.8 Å². The molecule has 1 aliphatic carbocycles. The third-order valence-corrected chi connectivity index (χ3v) is 4.20. The zero-order valence-electron chi connectivity index (χ0n) is 14.1. The second kappa shape index (κ2) is 8.47. The van der Waals surface area contributed by atoms with Crippen LogP contribution < -0.4 is 10.6 Å². The Bertz CT molecular complexity index is 609. The third kappa shape index (κ3) is 5.37. The van der Waals surface area contributed by atoms with Crippen LogP contribution in [0.15, 0.2) is 24.3 Å². The summed E-state index contributed by atoms with van der Waals surface area (Å²) >= 11 is 0. The molecule has 0 bridgehead atoms. The van der Waals surface area contributed by atoms with E-state index in [2.05, 4.69) is 10.6 Å². The first-order chi connectivity index (χ1) is 11.5. The molecule has 24 heavy (non-hydrogen) atoms. The molecular formula is C18H24N2O4. The average Bonchev–Trinajstić information content (AvgIpc) is 3.02. The van der Waals surface area contributed by atoms with E-state index in [9.17, 15) is 14.4 Å². The fraction of sp³-hybridized carbons (Fsp3) is 0.500. The molecule has 3 amide bonds. The molecule has 130 valence electrons. The monoisotopic (exact) mass is 332 g/mol. The van der Waals surface area contributed by atoms with Gasteiger partial charge in [-0.25, -0.2) is 4.79 Å². The quantitative estimate of drug-likeness (QED) is 0.810. The first-order valence-corrected chi connectivity index (χ1v) is 8.31. The number of hydrogen-bond acceptors (Lipinski definition) is 4. The highest BCUT2D eigenvalue weighted by Crippen LogP contribution is 2.17. The predicted octanol–water partition coefficient (Wildman–Crippen LogP) is 2.24. The first-order valence-electron chi connectivity index (χ1n) is 8.31. The molecule has 0 unspecified atom stereocenters. The van der Waals surface area contributed by atoms with Gasteiger partial charge in [-0.3, -0.25) is 14.9 Å². The minimum atomic E-state index is -1.02. The van der Waals surface area contributed by atoms with Crippen molar-refractivity contribution in [3.05, 3.63) is 35.4 Å². The fourth-order valence-corrected chi connectivity index (χ4v) is 2.76. The highest BCUT2D eigenvalue weighted by Gasteiger charge is 2.22. The van der Waals surface area contributed by atoms with E-state index in [1.165, 1.54) is 6.92 Å². The number of ether oxygens (including phenoxy) is 1. The number of imide groups is 1.